The second-order valence-corrected chi connectivity index (χ2v) is 6.28. The van der Waals surface area contributed by atoms with E-state index in [0.717, 1.165) is 49.8 Å². The van der Waals surface area contributed by atoms with Crippen LogP contribution in [0.5, 0.6) is 11.5 Å². The van der Waals surface area contributed by atoms with Crippen molar-refractivity contribution in [2.24, 2.45) is 4.99 Å². The van der Waals surface area contributed by atoms with Crippen LogP contribution in [0.25, 0.3) is 0 Å². The lowest BCUT2D eigenvalue weighted by atomic mass is 10.1. The van der Waals surface area contributed by atoms with Crippen LogP contribution in [0, 0.1) is 0 Å². The van der Waals surface area contributed by atoms with Crippen molar-refractivity contribution in [3.05, 3.63) is 23.8 Å². The van der Waals surface area contributed by atoms with E-state index in [1.165, 1.54) is 11.3 Å². The lowest BCUT2D eigenvalue weighted by Gasteiger charge is -2.13. The molecule has 2 N–H and O–H groups in total. The molecule has 0 fully saturated rings. The third kappa shape index (κ3) is 7.81. The molecule has 0 bridgehead atoms. The van der Waals surface area contributed by atoms with Crippen LogP contribution in [-0.4, -0.2) is 51.8 Å². The van der Waals surface area contributed by atoms with Crippen LogP contribution in [0.2, 0.25) is 0 Å². The standard InChI is InChI=1S/C18H31N3O2S/c1-5-23-17-14-15(9-10-16(17)22-3)8-6-11-20-18(19-2)21-12-7-13-24-4/h9-10,14H,5-8,11-13H2,1-4H3,(H2,19,20,21). The number of benzene rings is 1. The summed E-state index contributed by atoms with van der Waals surface area (Å²) in [5.74, 6) is 3.65. The van der Waals surface area contributed by atoms with E-state index in [1.807, 2.05) is 31.8 Å². The second-order valence-electron chi connectivity index (χ2n) is 5.29. The Morgan fingerprint density at radius 2 is 1.92 bits per heavy atom. The quantitative estimate of drug-likeness (QED) is 0.364. The first-order valence-corrected chi connectivity index (χ1v) is 9.87. The van der Waals surface area contributed by atoms with Crippen molar-refractivity contribution in [2.45, 2.75) is 26.2 Å². The number of nitrogens with one attached hydrogen (secondary N) is 2. The Balaban J connectivity index is 2.34. The molecule has 0 unspecified atom stereocenters. The van der Waals surface area contributed by atoms with Crippen LogP contribution in [0.4, 0.5) is 0 Å². The van der Waals surface area contributed by atoms with E-state index < -0.39 is 0 Å². The topological polar surface area (TPSA) is 54.9 Å². The molecule has 0 amide bonds. The van der Waals surface area contributed by atoms with E-state index in [1.54, 1.807) is 7.11 Å². The minimum Gasteiger partial charge on any atom is -0.493 e. The average molecular weight is 354 g/mol. The van der Waals surface area contributed by atoms with Gasteiger partial charge in [0.05, 0.1) is 13.7 Å². The Kier molecular flexibility index (Phi) is 10.9. The molecule has 1 aromatic carbocycles. The normalized spacial score (nSPS) is 11.2. The zero-order valence-corrected chi connectivity index (χ0v) is 16.2. The van der Waals surface area contributed by atoms with Gasteiger partial charge in [0, 0.05) is 20.1 Å². The maximum absolute atomic E-state index is 5.62. The predicted octanol–water partition coefficient (Wildman–Crippen LogP) is 2.94. The largest absolute Gasteiger partial charge is 0.493 e. The summed E-state index contributed by atoms with van der Waals surface area (Å²) >= 11 is 1.87. The molecule has 24 heavy (non-hydrogen) atoms. The molecule has 136 valence electrons. The van der Waals surface area contributed by atoms with Crippen LogP contribution in [0.15, 0.2) is 23.2 Å². The fourth-order valence-corrected chi connectivity index (χ4v) is 2.72. The molecular weight excluding hydrogens is 322 g/mol. The monoisotopic (exact) mass is 353 g/mol. The molecule has 0 radical (unpaired) electrons. The number of rotatable bonds is 11. The van der Waals surface area contributed by atoms with Crippen molar-refractivity contribution in [1.82, 2.24) is 10.6 Å². The van der Waals surface area contributed by atoms with Gasteiger partial charge in [-0.15, -0.1) is 0 Å². The summed E-state index contributed by atoms with van der Waals surface area (Å²) in [4.78, 5) is 4.24. The Hall–Kier alpha value is -1.56. The third-order valence-electron chi connectivity index (χ3n) is 3.50. The van der Waals surface area contributed by atoms with Crippen molar-refractivity contribution >= 4 is 17.7 Å². The molecule has 0 atom stereocenters. The van der Waals surface area contributed by atoms with Gasteiger partial charge in [0.1, 0.15) is 0 Å². The number of methoxy groups -OCH3 is 1. The van der Waals surface area contributed by atoms with Gasteiger partial charge in [0.25, 0.3) is 0 Å². The molecule has 1 rings (SSSR count). The van der Waals surface area contributed by atoms with Gasteiger partial charge in [0.15, 0.2) is 17.5 Å². The predicted molar refractivity (Wildman–Crippen MR) is 105 cm³/mol. The molecule has 0 aliphatic carbocycles. The van der Waals surface area contributed by atoms with E-state index >= 15 is 0 Å². The van der Waals surface area contributed by atoms with E-state index in [9.17, 15) is 0 Å². The molecule has 0 saturated heterocycles. The second kappa shape index (κ2) is 12.8. The summed E-state index contributed by atoms with van der Waals surface area (Å²) in [6.45, 7) is 4.46. The van der Waals surface area contributed by atoms with Crippen LogP contribution >= 0.6 is 11.8 Å². The van der Waals surface area contributed by atoms with Crippen molar-refractivity contribution in [2.75, 3.05) is 45.9 Å². The summed E-state index contributed by atoms with van der Waals surface area (Å²) in [6, 6.07) is 6.13. The molecule has 0 aliphatic rings. The lowest BCUT2D eigenvalue weighted by molar-refractivity contribution is 0.310. The first kappa shape index (κ1) is 20.5. The van der Waals surface area contributed by atoms with Crippen molar-refractivity contribution in [3.8, 4) is 11.5 Å². The summed E-state index contributed by atoms with van der Waals surface area (Å²) < 4.78 is 10.9. The van der Waals surface area contributed by atoms with Crippen molar-refractivity contribution in [1.29, 1.82) is 0 Å². The van der Waals surface area contributed by atoms with Crippen molar-refractivity contribution in [3.63, 3.8) is 0 Å². The van der Waals surface area contributed by atoms with Gasteiger partial charge in [-0.3, -0.25) is 4.99 Å². The molecule has 0 spiro atoms. The number of ether oxygens (including phenoxy) is 2. The van der Waals surface area contributed by atoms with Crippen LogP contribution in [0.3, 0.4) is 0 Å². The van der Waals surface area contributed by atoms with Crippen LogP contribution < -0.4 is 20.1 Å². The van der Waals surface area contributed by atoms with E-state index in [-0.39, 0.29) is 0 Å². The van der Waals surface area contributed by atoms with E-state index in [0.29, 0.717) is 6.61 Å². The maximum atomic E-state index is 5.62. The molecule has 1 aromatic rings. The molecule has 0 heterocycles. The zero-order valence-electron chi connectivity index (χ0n) is 15.4. The lowest BCUT2D eigenvalue weighted by Crippen LogP contribution is -2.38. The van der Waals surface area contributed by atoms with Crippen molar-refractivity contribution < 1.29 is 9.47 Å². The molecule has 6 heteroatoms. The summed E-state index contributed by atoms with van der Waals surface area (Å²) in [6.07, 6.45) is 5.29. The van der Waals surface area contributed by atoms with Gasteiger partial charge in [-0.1, -0.05) is 6.07 Å². The first-order valence-electron chi connectivity index (χ1n) is 8.48. The minimum atomic E-state index is 0.639. The van der Waals surface area contributed by atoms with Gasteiger partial charge < -0.3 is 20.1 Å². The highest BCUT2D eigenvalue weighted by molar-refractivity contribution is 7.98. The zero-order chi connectivity index (χ0) is 17.6. The Bertz CT molecular complexity index is 495. The number of guanidine groups is 1. The number of aryl methyl sites for hydroxylation is 1. The highest BCUT2D eigenvalue weighted by Crippen LogP contribution is 2.28. The molecular formula is C18H31N3O2S. The van der Waals surface area contributed by atoms with E-state index in [4.69, 9.17) is 9.47 Å². The fourth-order valence-electron chi connectivity index (χ4n) is 2.29. The molecule has 0 aliphatic heterocycles. The highest BCUT2D eigenvalue weighted by Gasteiger charge is 2.05. The van der Waals surface area contributed by atoms with Gasteiger partial charge in [0.2, 0.25) is 0 Å². The van der Waals surface area contributed by atoms with Gasteiger partial charge >= 0.3 is 0 Å². The number of aliphatic imine (C=N–C) groups is 1. The number of hydrogen-bond donors (Lipinski definition) is 2. The first-order chi connectivity index (χ1) is 11.7. The van der Waals surface area contributed by atoms with Gasteiger partial charge in [-0.25, -0.2) is 0 Å². The average Bonchev–Trinajstić information content (AvgIpc) is 2.61. The van der Waals surface area contributed by atoms with Gasteiger partial charge in [-0.2, -0.15) is 11.8 Å². The minimum absolute atomic E-state index is 0.639. The fraction of sp³-hybridized carbons (Fsp3) is 0.611. The number of thioether (sulfide) groups is 1. The van der Waals surface area contributed by atoms with Gasteiger partial charge in [-0.05, 0) is 55.9 Å². The summed E-state index contributed by atoms with van der Waals surface area (Å²) in [5.41, 5.74) is 1.25. The van der Waals surface area contributed by atoms with Crippen LogP contribution in [0.1, 0.15) is 25.3 Å². The molecule has 0 aromatic heterocycles. The van der Waals surface area contributed by atoms with Crippen LogP contribution in [-0.2, 0) is 6.42 Å². The Labute approximate surface area is 150 Å². The Morgan fingerprint density at radius 1 is 1.17 bits per heavy atom. The smallest absolute Gasteiger partial charge is 0.190 e. The summed E-state index contributed by atoms with van der Waals surface area (Å²) in [5, 5.41) is 6.69. The van der Waals surface area contributed by atoms with E-state index in [2.05, 4.69) is 34.0 Å². The molecule has 0 saturated carbocycles. The highest BCUT2D eigenvalue weighted by atomic mass is 32.2. The SMILES string of the molecule is CCOc1cc(CCCNC(=NC)NCCCSC)ccc1OC. The third-order valence-corrected chi connectivity index (χ3v) is 4.20. The Morgan fingerprint density at radius 3 is 2.54 bits per heavy atom. The summed E-state index contributed by atoms with van der Waals surface area (Å²) in [7, 11) is 3.47. The number of hydrogen-bond acceptors (Lipinski definition) is 4. The molecule has 5 nitrogen and oxygen atoms in total. The maximum Gasteiger partial charge on any atom is 0.190 e. The number of nitrogens with zero attached hydrogens (tertiary/aromatic N) is 1.